The Morgan fingerprint density at radius 3 is 2.52 bits per heavy atom. The van der Waals surface area contributed by atoms with Crippen LogP contribution in [0.1, 0.15) is 29.6 Å². The van der Waals surface area contributed by atoms with Gasteiger partial charge in [0, 0.05) is 36.3 Å². The molecule has 10 heteroatoms. The highest BCUT2D eigenvalue weighted by Crippen LogP contribution is 2.39. The lowest BCUT2D eigenvalue weighted by atomic mass is 9.93. The first-order valence-corrected chi connectivity index (χ1v) is 9.99. The minimum Gasteiger partial charge on any atom is -0.421 e. The maximum Gasteiger partial charge on any atom is 0.433 e. The molecule has 4 rings (SSSR count). The van der Waals surface area contributed by atoms with Crippen LogP contribution in [0.25, 0.3) is 22.4 Å². The number of aromatic nitrogens is 4. The zero-order valence-electron chi connectivity index (χ0n) is 17.9. The van der Waals surface area contributed by atoms with Gasteiger partial charge in [-0.3, -0.25) is 4.79 Å². The van der Waals surface area contributed by atoms with Crippen molar-refractivity contribution in [1.82, 2.24) is 19.7 Å². The summed E-state index contributed by atoms with van der Waals surface area (Å²) in [6, 6.07) is 6.59. The summed E-state index contributed by atoms with van der Waals surface area (Å²) in [5.74, 6) is 4.93. The van der Waals surface area contributed by atoms with Gasteiger partial charge < -0.3 is 19.1 Å². The Balaban J connectivity index is 2.00. The highest BCUT2D eigenvalue weighted by Gasteiger charge is 2.54. The molecule has 7 nitrogen and oxygen atoms in total. The van der Waals surface area contributed by atoms with E-state index in [2.05, 4.69) is 21.1 Å². The Labute approximate surface area is 185 Å². The number of benzene rings is 1. The highest BCUT2D eigenvalue weighted by atomic mass is 19.4. The molecule has 0 saturated carbocycles. The first kappa shape index (κ1) is 22.4. The van der Waals surface area contributed by atoms with Crippen molar-refractivity contribution in [2.75, 3.05) is 0 Å². The van der Waals surface area contributed by atoms with Crippen LogP contribution in [-0.4, -0.2) is 31.0 Å². The number of H-pyrrole nitrogens is 1. The number of aromatic amines is 1. The molecule has 1 atom stereocenters. The first-order valence-electron chi connectivity index (χ1n) is 9.99. The molecule has 2 N–H and O–H groups in total. The Morgan fingerprint density at radius 1 is 1.21 bits per heavy atom. The second-order valence-corrected chi connectivity index (χ2v) is 7.51. The van der Waals surface area contributed by atoms with Gasteiger partial charge in [-0.2, -0.15) is 13.2 Å². The van der Waals surface area contributed by atoms with Crippen LogP contribution in [-0.2, 0) is 19.1 Å². The second-order valence-electron chi connectivity index (χ2n) is 7.51. The molecule has 4 aromatic rings. The van der Waals surface area contributed by atoms with Gasteiger partial charge in [0.25, 0.3) is 5.56 Å². The Bertz CT molecular complexity index is 1460. The largest absolute Gasteiger partial charge is 0.433 e. The Morgan fingerprint density at radius 2 is 1.91 bits per heavy atom. The van der Waals surface area contributed by atoms with Crippen molar-refractivity contribution >= 4 is 10.9 Å². The molecule has 0 spiro atoms. The molecule has 1 aromatic carbocycles. The number of aryl methyl sites for hydroxylation is 3. The fraction of sp³-hybridized carbons (Fsp3) is 0.261. The molecule has 1 unspecified atom stereocenters. The number of hydrogen-bond donors (Lipinski definition) is 2. The lowest BCUT2D eigenvalue weighted by Gasteiger charge is -2.25. The number of fused-ring (bicyclic) bond motifs is 1. The molecular weight excluding hydrogens is 437 g/mol. The number of halogens is 3. The lowest BCUT2D eigenvalue weighted by Crippen LogP contribution is -2.41. The molecule has 0 radical (unpaired) electrons. The molecule has 0 bridgehead atoms. The van der Waals surface area contributed by atoms with Gasteiger partial charge in [0.05, 0.1) is 11.1 Å². The molecule has 33 heavy (non-hydrogen) atoms. The number of nitrogens with zero attached hydrogens (tertiary/aromatic N) is 3. The third-order valence-corrected chi connectivity index (χ3v) is 5.28. The fourth-order valence-corrected chi connectivity index (χ4v) is 3.55. The summed E-state index contributed by atoms with van der Waals surface area (Å²) in [7, 11) is 1.46. The van der Waals surface area contributed by atoms with Crippen LogP contribution in [0.3, 0.4) is 0 Å². The number of aliphatic hydroxyl groups is 1. The van der Waals surface area contributed by atoms with Crippen molar-refractivity contribution in [3.63, 3.8) is 0 Å². The summed E-state index contributed by atoms with van der Waals surface area (Å²) in [6.45, 7) is 3.51. The molecule has 3 heterocycles. The molecule has 0 saturated heterocycles. The maximum atomic E-state index is 13.9. The van der Waals surface area contributed by atoms with Crippen LogP contribution >= 0.6 is 0 Å². The van der Waals surface area contributed by atoms with Crippen molar-refractivity contribution < 1.29 is 22.7 Å². The third-order valence-electron chi connectivity index (χ3n) is 5.28. The molecule has 0 aliphatic carbocycles. The van der Waals surface area contributed by atoms with E-state index in [4.69, 9.17) is 4.42 Å². The van der Waals surface area contributed by atoms with E-state index in [9.17, 15) is 23.1 Å². The SMILES string of the molecule is CCc1nnc(-c2c(C)[nH]c3c(=O)n(C)cc(C#CC(O)(c4ccccc4)C(F)(F)F)c23)o1. The van der Waals surface area contributed by atoms with Gasteiger partial charge in [-0.05, 0) is 12.8 Å². The molecule has 3 aromatic heterocycles. The standard InChI is InChI=1S/C23H19F3N4O3/c1-4-16-28-29-20(33-16)17-13(2)27-19-18(17)14(12-30(3)21(19)31)10-11-22(32,23(24,25)26)15-8-6-5-7-9-15/h5-9,12,27,32H,4H2,1-3H3. The topological polar surface area (TPSA) is 96.9 Å². The van der Waals surface area contributed by atoms with E-state index >= 15 is 0 Å². The summed E-state index contributed by atoms with van der Waals surface area (Å²) in [4.78, 5) is 15.7. The summed E-state index contributed by atoms with van der Waals surface area (Å²) in [5.41, 5.74) is -3.15. The van der Waals surface area contributed by atoms with E-state index in [0.29, 0.717) is 23.6 Å². The van der Waals surface area contributed by atoms with Crippen molar-refractivity contribution in [3.05, 3.63) is 69.6 Å². The van der Waals surface area contributed by atoms with Crippen molar-refractivity contribution in [1.29, 1.82) is 0 Å². The highest BCUT2D eigenvalue weighted by molar-refractivity contribution is 5.99. The van der Waals surface area contributed by atoms with Gasteiger partial charge in [0.2, 0.25) is 17.4 Å². The zero-order valence-corrected chi connectivity index (χ0v) is 17.9. The molecular formula is C23H19F3N4O3. The summed E-state index contributed by atoms with van der Waals surface area (Å²) < 4.78 is 48.5. The predicted molar refractivity (Wildman–Crippen MR) is 114 cm³/mol. The average Bonchev–Trinajstić information content (AvgIpc) is 3.39. The van der Waals surface area contributed by atoms with Crippen LogP contribution in [0.4, 0.5) is 13.2 Å². The van der Waals surface area contributed by atoms with E-state index < -0.39 is 22.9 Å². The summed E-state index contributed by atoms with van der Waals surface area (Å²) >= 11 is 0. The van der Waals surface area contributed by atoms with Crippen LogP contribution < -0.4 is 5.56 Å². The normalized spacial score (nSPS) is 13.5. The third kappa shape index (κ3) is 3.70. The average molecular weight is 456 g/mol. The summed E-state index contributed by atoms with van der Waals surface area (Å²) in [6.07, 6.45) is -3.27. The number of rotatable bonds is 3. The Kier molecular flexibility index (Phi) is 5.38. The van der Waals surface area contributed by atoms with Crippen LogP contribution in [0.5, 0.6) is 0 Å². The minimum absolute atomic E-state index is 0.0845. The zero-order chi connectivity index (χ0) is 24.0. The molecule has 0 amide bonds. The van der Waals surface area contributed by atoms with Crippen molar-refractivity contribution in [2.24, 2.45) is 7.05 Å². The van der Waals surface area contributed by atoms with Gasteiger partial charge in [0.15, 0.2) is 0 Å². The molecule has 0 fully saturated rings. The number of alkyl halides is 3. The fourth-order valence-electron chi connectivity index (χ4n) is 3.55. The number of hydrogen-bond acceptors (Lipinski definition) is 5. The van der Waals surface area contributed by atoms with Crippen LogP contribution in [0.15, 0.2) is 45.7 Å². The van der Waals surface area contributed by atoms with E-state index in [-0.39, 0.29) is 22.4 Å². The van der Waals surface area contributed by atoms with E-state index in [0.717, 1.165) is 12.1 Å². The van der Waals surface area contributed by atoms with Gasteiger partial charge in [-0.1, -0.05) is 43.2 Å². The molecule has 0 aliphatic rings. The van der Waals surface area contributed by atoms with Gasteiger partial charge in [-0.15, -0.1) is 10.2 Å². The van der Waals surface area contributed by atoms with E-state index in [1.54, 1.807) is 6.92 Å². The van der Waals surface area contributed by atoms with Crippen LogP contribution in [0, 0.1) is 18.8 Å². The van der Waals surface area contributed by atoms with Gasteiger partial charge >= 0.3 is 6.18 Å². The quantitative estimate of drug-likeness (QED) is 0.460. The Hall–Kier alpha value is -3.84. The van der Waals surface area contributed by atoms with Crippen molar-refractivity contribution in [2.45, 2.75) is 32.0 Å². The smallest absolute Gasteiger partial charge is 0.421 e. The number of pyridine rings is 1. The summed E-state index contributed by atoms with van der Waals surface area (Å²) in [5, 5.41) is 18.8. The first-order chi connectivity index (χ1) is 15.6. The maximum absolute atomic E-state index is 13.9. The minimum atomic E-state index is -5.07. The second kappa shape index (κ2) is 7.94. The predicted octanol–water partition coefficient (Wildman–Crippen LogP) is 3.59. The molecule has 0 aliphatic heterocycles. The lowest BCUT2D eigenvalue weighted by molar-refractivity contribution is -0.240. The van der Waals surface area contributed by atoms with Crippen LogP contribution in [0.2, 0.25) is 0 Å². The van der Waals surface area contributed by atoms with E-state index in [1.165, 1.54) is 36.0 Å². The number of nitrogens with one attached hydrogen (secondary N) is 1. The van der Waals surface area contributed by atoms with E-state index in [1.807, 2.05) is 12.8 Å². The van der Waals surface area contributed by atoms with Crippen molar-refractivity contribution in [3.8, 4) is 23.3 Å². The van der Waals surface area contributed by atoms with Gasteiger partial charge in [-0.25, -0.2) is 0 Å². The molecule has 170 valence electrons. The van der Waals surface area contributed by atoms with Gasteiger partial charge in [0.1, 0.15) is 5.52 Å². The monoisotopic (exact) mass is 456 g/mol.